The first-order valence-electron chi connectivity index (χ1n) is 5.37. The Kier molecular flexibility index (Phi) is 5.35. The number of hydrogen-bond acceptors (Lipinski definition) is 4. The van der Waals surface area contributed by atoms with Crippen molar-refractivity contribution in [2.24, 2.45) is 11.5 Å². The average Bonchev–Trinajstić information content (AvgIpc) is 2.28. The number of amides is 1. The highest BCUT2D eigenvalue weighted by Gasteiger charge is 2.03. The maximum Gasteiger partial charge on any atom is 0.217 e. The molecule has 0 bridgehead atoms. The summed E-state index contributed by atoms with van der Waals surface area (Å²) in [4.78, 5) is 14.9. The Morgan fingerprint density at radius 2 is 2.18 bits per heavy atom. The zero-order chi connectivity index (χ0) is 12.7. The second-order valence-electron chi connectivity index (χ2n) is 3.64. The Morgan fingerprint density at radius 1 is 1.41 bits per heavy atom. The summed E-state index contributed by atoms with van der Waals surface area (Å²) >= 11 is 4.93. The van der Waals surface area contributed by atoms with Crippen LogP contribution in [0.4, 0.5) is 5.69 Å². The first-order valence-corrected chi connectivity index (χ1v) is 5.78. The molecule has 17 heavy (non-hydrogen) atoms. The fourth-order valence-corrected chi connectivity index (χ4v) is 1.58. The number of anilines is 1. The number of carbonyl (C=O) groups excluding carboxylic acids is 1. The number of pyridine rings is 1. The number of aromatic nitrogens is 1. The van der Waals surface area contributed by atoms with E-state index < -0.39 is 0 Å². The Bertz CT molecular complexity index is 408. The molecule has 5 nitrogen and oxygen atoms in total. The van der Waals surface area contributed by atoms with Crippen LogP contribution in [0.15, 0.2) is 18.5 Å². The molecular formula is C11H16N4OS. The van der Waals surface area contributed by atoms with Crippen molar-refractivity contribution in [2.75, 3.05) is 11.9 Å². The van der Waals surface area contributed by atoms with Gasteiger partial charge in [-0.3, -0.25) is 9.78 Å². The number of nitrogens with one attached hydrogen (secondary N) is 1. The number of thiocarbonyl (C=S) groups is 1. The van der Waals surface area contributed by atoms with E-state index in [4.69, 9.17) is 23.7 Å². The molecule has 0 fully saturated rings. The van der Waals surface area contributed by atoms with E-state index in [0.717, 1.165) is 30.6 Å². The summed E-state index contributed by atoms with van der Waals surface area (Å²) in [5.74, 6) is -0.268. The van der Waals surface area contributed by atoms with Crippen LogP contribution in [0.1, 0.15) is 24.8 Å². The molecule has 0 aliphatic heterocycles. The lowest BCUT2D eigenvalue weighted by atomic mass is 10.2. The summed E-state index contributed by atoms with van der Waals surface area (Å²) in [5.41, 5.74) is 12.2. The largest absolute Gasteiger partial charge is 0.389 e. The summed E-state index contributed by atoms with van der Waals surface area (Å²) in [5, 5.41) is 3.19. The summed E-state index contributed by atoms with van der Waals surface area (Å²) in [6, 6.07) is 1.77. The van der Waals surface area contributed by atoms with E-state index in [2.05, 4.69) is 10.3 Å². The van der Waals surface area contributed by atoms with Crippen molar-refractivity contribution in [3.05, 3.63) is 24.0 Å². The summed E-state index contributed by atoms with van der Waals surface area (Å²) < 4.78 is 0. The van der Waals surface area contributed by atoms with Gasteiger partial charge in [-0.25, -0.2) is 0 Å². The molecule has 1 rings (SSSR count). The minimum absolute atomic E-state index is 0.268. The van der Waals surface area contributed by atoms with E-state index in [9.17, 15) is 4.79 Å². The van der Waals surface area contributed by atoms with E-state index >= 15 is 0 Å². The highest BCUT2D eigenvalue weighted by molar-refractivity contribution is 7.80. The van der Waals surface area contributed by atoms with Crippen LogP contribution in [0.3, 0.4) is 0 Å². The van der Waals surface area contributed by atoms with Gasteiger partial charge in [0.25, 0.3) is 0 Å². The van der Waals surface area contributed by atoms with Crippen LogP contribution in [-0.2, 0) is 4.79 Å². The Morgan fingerprint density at radius 3 is 2.82 bits per heavy atom. The van der Waals surface area contributed by atoms with Gasteiger partial charge in [0.2, 0.25) is 5.91 Å². The van der Waals surface area contributed by atoms with Gasteiger partial charge in [0, 0.05) is 24.7 Å². The third-order valence-electron chi connectivity index (χ3n) is 2.25. The van der Waals surface area contributed by atoms with Gasteiger partial charge in [-0.2, -0.15) is 0 Å². The molecule has 1 amide bonds. The molecular weight excluding hydrogens is 236 g/mol. The summed E-state index contributed by atoms with van der Waals surface area (Å²) in [7, 11) is 0. The number of rotatable bonds is 7. The predicted octanol–water partition coefficient (Wildman–Crippen LogP) is 0.783. The lowest BCUT2D eigenvalue weighted by Gasteiger charge is -2.09. The minimum Gasteiger partial charge on any atom is -0.389 e. The molecule has 0 spiro atoms. The number of primary amides is 1. The number of nitrogens with zero attached hydrogens (tertiary/aromatic N) is 1. The Balaban J connectivity index is 2.41. The van der Waals surface area contributed by atoms with Crippen molar-refractivity contribution in [2.45, 2.75) is 19.3 Å². The number of nitrogens with two attached hydrogens (primary N) is 2. The van der Waals surface area contributed by atoms with Crippen molar-refractivity contribution in [1.82, 2.24) is 4.98 Å². The van der Waals surface area contributed by atoms with Gasteiger partial charge in [-0.1, -0.05) is 12.2 Å². The lowest BCUT2D eigenvalue weighted by Crippen LogP contribution is -2.14. The summed E-state index contributed by atoms with van der Waals surface area (Å²) in [6.45, 7) is 0.731. The molecule has 0 aromatic carbocycles. The fraction of sp³-hybridized carbons (Fsp3) is 0.364. The molecule has 0 atom stereocenters. The van der Waals surface area contributed by atoms with Crippen LogP contribution in [0.2, 0.25) is 0 Å². The first kappa shape index (κ1) is 13.4. The van der Waals surface area contributed by atoms with Gasteiger partial charge in [0.1, 0.15) is 4.99 Å². The van der Waals surface area contributed by atoms with E-state index in [-0.39, 0.29) is 5.91 Å². The van der Waals surface area contributed by atoms with Crippen LogP contribution >= 0.6 is 12.2 Å². The molecule has 0 radical (unpaired) electrons. The van der Waals surface area contributed by atoms with Crippen LogP contribution in [0.5, 0.6) is 0 Å². The standard InChI is InChI=1S/C11H16N4OS/c12-10(16)3-1-2-5-15-9-7-14-6-4-8(9)11(13)17/h4,6-7,15H,1-3,5H2,(H2,12,16)(H2,13,17). The lowest BCUT2D eigenvalue weighted by molar-refractivity contribution is -0.118. The molecule has 5 N–H and O–H groups in total. The molecule has 0 saturated carbocycles. The van der Waals surface area contributed by atoms with Gasteiger partial charge in [0.15, 0.2) is 0 Å². The maximum atomic E-state index is 10.5. The quantitative estimate of drug-likeness (QED) is 0.492. The predicted molar refractivity (Wildman–Crippen MR) is 71.7 cm³/mol. The van der Waals surface area contributed by atoms with E-state index in [0.29, 0.717) is 11.4 Å². The van der Waals surface area contributed by atoms with Crippen LogP contribution in [-0.4, -0.2) is 22.4 Å². The number of carbonyl (C=O) groups is 1. The monoisotopic (exact) mass is 252 g/mol. The average molecular weight is 252 g/mol. The van der Waals surface area contributed by atoms with Gasteiger partial charge >= 0.3 is 0 Å². The number of hydrogen-bond donors (Lipinski definition) is 3. The molecule has 1 heterocycles. The molecule has 0 aliphatic rings. The third kappa shape index (κ3) is 4.78. The number of unbranched alkanes of at least 4 members (excludes halogenated alkanes) is 1. The molecule has 92 valence electrons. The first-order chi connectivity index (χ1) is 8.11. The highest BCUT2D eigenvalue weighted by atomic mass is 32.1. The highest BCUT2D eigenvalue weighted by Crippen LogP contribution is 2.13. The Hall–Kier alpha value is -1.69. The van der Waals surface area contributed by atoms with Crippen molar-refractivity contribution < 1.29 is 4.79 Å². The zero-order valence-electron chi connectivity index (χ0n) is 9.48. The zero-order valence-corrected chi connectivity index (χ0v) is 10.3. The minimum atomic E-state index is -0.268. The van der Waals surface area contributed by atoms with Gasteiger partial charge < -0.3 is 16.8 Å². The normalized spacial score (nSPS) is 9.88. The van der Waals surface area contributed by atoms with Crippen LogP contribution < -0.4 is 16.8 Å². The third-order valence-corrected chi connectivity index (χ3v) is 2.47. The fourth-order valence-electron chi connectivity index (χ4n) is 1.40. The molecule has 0 unspecified atom stereocenters. The molecule has 6 heteroatoms. The van der Waals surface area contributed by atoms with E-state index in [1.54, 1.807) is 18.5 Å². The second-order valence-corrected chi connectivity index (χ2v) is 4.08. The van der Waals surface area contributed by atoms with E-state index in [1.165, 1.54) is 0 Å². The van der Waals surface area contributed by atoms with Crippen molar-refractivity contribution in [1.29, 1.82) is 0 Å². The van der Waals surface area contributed by atoms with Gasteiger partial charge in [0.05, 0.1) is 11.9 Å². The maximum absolute atomic E-state index is 10.5. The van der Waals surface area contributed by atoms with Gasteiger partial charge in [-0.05, 0) is 18.9 Å². The van der Waals surface area contributed by atoms with E-state index in [1.807, 2.05) is 0 Å². The molecule has 0 aliphatic carbocycles. The topological polar surface area (TPSA) is 94.0 Å². The van der Waals surface area contributed by atoms with Crippen LogP contribution in [0, 0.1) is 0 Å². The molecule has 0 saturated heterocycles. The smallest absolute Gasteiger partial charge is 0.217 e. The van der Waals surface area contributed by atoms with Crippen molar-refractivity contribution in [3.63, 3.8) is 0 Å². The van der Waals surface area contributed by atoms with Crippen molar-refractivity contribution in [3.8, 4) is 0 Å². The molecule has 1 aromatic heterocycles. The SMILES string of the molecule is NC(=O)CCCCNc1cnccc1C(N)=S. The van der Waals surface area contributed by atoms with Crippen LogP contribution in [0.25, 0.3) is 0 Å². The summed E-state index contributed by atoms with van der Waals surface area (Å²) in [6.07, 6.45) is 5.37. The second kappa shape index (κ2) is 6.80. The molecule has 1 aromatic rings. The Labute approximate surface area is 106 Å². The van der Waals surface area contributed by atoms with Crippen molar-refractivity contribution >= 4 is 28.8 Å². The van der Waals surface area contributed by atoms with Gasteiger partial charge in [-0.15, -0.1) is 0 Å².